The van der Waals surface area contributed by atoms with Gasteiger partial charge < -0.3 is 14.5 Å². The van der Waals surface area contributed by atoms with Crippen molar-refractivity contribution in [3.8, 4) is 0 Å². The van der Waals surface area contributed by atoms with Crippen molar-refractivity contribution >= 4 is 0 Å². The Hall–Kier alpha value is -0.120. The molecule has 3 nitrogen and oxygen atoms in total. The lowest BCUT2D eigenvalue weighted by molar-refractivity contribution is 0.0353. The fourth-order valence-electron chi connectivity index (χ4n) is 2.51. The molecule has 0 unspecified atom stereocenters. The van der Waals surface area contributed by atoms with E-state index in [1.165, 1.54) is 45.4 Å². The van der Waals surface area contributed by atoms with Crippen LogP contribution in [0, 0.1) is 0 Å². The van der Waals surface area contributed by atoms with Crippen molar-refractivity contribution < 1.29 is 4.74 Å². The molecule has 18 heavy (non-hydrogen) atoms. The van der Waals surface area contributed by atoms with Crippen LogP contribution in [0.4, 0.5) is 0 Å². The van der Waals surface area contributed by atoms with Gasteiger partial charge in [-0.25, -0.2) is 0 Å². The molecule has 1 fully saturated rings. The molecule has 0 amide bonds. The van der Waals surface area contributed by atoms with Crippen LogP contribution in [0.5, 0.6) is 0 Å². The molecular weight excluding hydrogens is 224 g/mol. The van der Waals surface area contributed by atoms with E-state index in [9.17, 15) is 0 Å². The summed E-state index contributed by atoms with van der Waals surface area (Å²) < 4.78 is 5.85. The van der Waals surface area contributed by atoms with Crippen molar-refractivity contribution in [1.82, 2.24) is 9.80 Å². The van der Waals surface area contributed by atoms with Crippen LogP contribution in [0.25, 0.3) is 0 Å². The van der Waals surface area contributed by atoms with Crippen LogP contribution in [0.3, 0.4) is 0 Å². The third-order valence-electron chi connectivity index (χ3n) is 3.98. The molecule has 3 heteroatoms. The Kier molecular flexibility index (Phi) is 8.64. The highest BCUT2D eigenvalue weighted by atomic mass is 16.5. The molecule has 1 heterocycles. The van der Waals surface area contributed by atoms with Gasteiger partial charge in [-0.15, -0.1) is 0 Å². The molecule has 108 valence electrons. The fraction of sp³-hybridized carbons (Fsp3) is 1.00. The van der Waals surface area contributed by atoms with E-state index in [4.69, 9.17) is 4.74 Å². The van der Waals surface area contributed by atoms with Gasteiger partial charge in [-0.3, -0.25) is 0 Å². The fourth-order valence-corrected chi connectivity index (χ4v) is 2.51. The summed E-state index contributed by atoms with van der Waals surface area (Å²) in [5.74, 6) is 0. The van der Waals surface area contributed by atoms with Crippen molar-refractivity contribution in [1.29, 1.82) is 0 Å². The second-order valence-electron chi connectivity index (χ2n) is 5.51. The van der Waals surface area contributed by atoms with Gasteiger partial charge in [0.05, 0.1) is 12.7 Å². The van der Waals surface area contributed by atoms with Crippen molar-refractivity contribution in [2.24, 2.45) is 0 Å². The molecule has 0 spiro atoms. The first-order valence-corrected chi connectivity index (χ1v) is 7.78. The molecule has 0 bridgehead atoms. The van der Waals surface area contributed by atoms with E-state index < -0.39 is 0 Å². The first kappa shape index (κ1) is 15.9. The van der Waals surface area contributed by atoms with Crippen molar-refractivity contribution in [2.45, 2.75) is 52.1 Å². The van der Waals surface area contributed by atoms with Gasteiger partial charge in [-0.2, -0.15) is 0 Å². The summed E-state index contributed by atoms with van der Waals surface area (Å²) in [5, 5.41) is 0. The largest absolute Gasteiger partial charge is 0.377 e. The molecule has 1 aliphatic rings. The van der Waals surface area contributed by atoms with Crippen LogP contribution in [-0.4, -0.2) is 62.3 Å². The SMILES string of the molecule is CCC(CC)OCCN(C)CCN1CCCCC1. The van der Waals surface area contributed by atoms with Gasteiger partial charge in [0.15, 0.2) is 0 Å². The highest BCUT2D eigenvalue weighted by Gasteiger charge is 2.10. The molecule has 0 aromatic heterocycles. The second kappa shape index (κ2) is 9.76. The standard InChI is InChI=1S/C15H32N2O/c1-4-15(5-2)18-14-13-16(3)11-12-17-9-7-6-8-10-17/h15H,4-14H2,1-3H3. The van der Waals surface area contributed by atoms with Crippen LogP contribution in [0.1, 0.15) is 46.0 Å². The Morgan fingerprint density at radius 3 is 2.33 bits per heavy atom. The van der Waals surface area contributed by atoms with Gasteiger partial charge in [0, 0.05) is 19.6 Å². The minimum Gasteiger partial charge on any atom is -0.377 e. The molecule has 1 rings (SSSR count). The monoisotopic (exact) mass is 256 g/mol. The molecule has 0 radical (unpaired) electrons. The molecular formula is C15H32N2O. The van der Waals surface area contributed by atoms with E-state index in [1.54, 1.807) is 0 Å². The maximum Gasteiger partial charge on any atom is 0.0597 e. The van der Waals surface area contributed by atoms with Crippen LogP contribution in [-0.2, 0) is 4.74 Å². The third-order valence-corrected chi connectivity index (χ3v) is 3.98. The first-order chi connectivity index (χ1) is 8.76. The van der Waals surface area contributed by atoms with Crippen LogP contribution in [0.15, 0.2) is 0 Å². The van der Waals surface area contributed by atoms with E-state index in [1.807, 2.05) is 0 Å². The van der Waals surface area contributed by atoms with E-state index >= 15 is 0 Å². The lowest BCUT2D eigenvalue weighted by atomic mass is 10.1. The molecule has 0 aromatic rings. The van der Waals surface area contributed by atoms with Gasteiger partial charge in [0.25, 0.3) is 0 Å². The van der Waals surface area contributed by atoms with Gasteiger partial charge in [0.2, 0.25) is 0 Å². The zero-order chi connectivity index (χ0) is 13.2. The van der Waals surface area contributed by atoms with E-state index in [2.05, 4.69) is 30.7 Å². The smallest absolute Gasteiger partial charge is 0.0597 e. The molecule has 1 saturated heterocycles. The molecule has 0 N–H and O–H groups in total. The number of likely N-dealkylation sites (tertiary alicyclic amines) is 1. The molecule has 1 aliphatic heterocycles. The minimum atomic E-state index is 0.459. The predicted molar refractivity (Wildman–Crippen MR) is 78.1 cm³/mol. The van der Waals surface area contributed by atoms with Crippen LogP contribution >= 0.6 is 0 Å². The summed E-state index contributed by atoms with van der Waals surface area (Å²) in [5.41, 5.74) is 0. The third kappa shape index (κ3) is 6.72. The van der Waals surface area contributed by atoms with Gasteiger partial charge in [-0.1, -0.05) is 20.3 Å². The number of hydrogen-bond acceptors (Lipinski definition) is 3. The summed E-state index contributed by atoms with van der Waals surface area (Å²) in [6.07, 6.45) is 6.93. The Morgan fingerprint density at radius 1 is 1.06 bits per heavy atom. The van der Waals surface area contributed by atoms with Gasteiger partial charge in [-0.05, 0) is 45.8 Å². The zero-order valence-electron chi connectivity index (χ0n) is 12.7. The minimum absolute atomic E-state index is 0.459. The number of ether oxygens (including phenoxy) is 1. The summed E-state index contributed by atoms with van der Waals surface area (Å²) in [6.45, 7) is 11.3. The lowest BCUT2D eigenvalue weighted by Crippen LogP contribution is -2.37. The average molecular weight is 256 g/mol. The number of rotatable bonds is 9. The highest BCUT2D eigenvalue weighted by molar-refractivity contribution is 4.66. The maximum atomic E-state index is 5.85. The topological polar surface area (TPSA) is 15.7 Å². The number of hydrogen-bond donors (Lipinski definition) is 0. The van der Waals surface area contributed by atoms with Crippen molar-refractivity contribution in [3.05, 3.63) is 0 Å². The van der Waals surface area contributed by atoms with Crippen molar-refractivity contribution in [2.75, 3.05) is 46.4 Å². The van der Waals surface area contributed by atoms with Gasteiger partial charge in [0.1, 0.15) is 0 Å². The molecule has 0 atom stereocenters. The Bertz CT molecular complexity index is 189. The summed E-state index contributed by atoms with van der Waals surface area (Å²) in [6, 6.07) is 0. The number of nitrogens with zero attached hydrogens (tertiary/aromatic N) is 2. The second-order valence-corrected chi connectivity index (χ2v) is 5.51. The Balaban J connectivity index is 2.00. The van der Waals surface area contributed by atoms with Crippen LogP contribution in [0.2, 0.25) is 0 Å². The first-order valence-electron chi connectivity index (χ1n) is 7.78. The quantitative estimate of drug-likeness (QED) is 0.631. The van der Waals surface area contributed by atoms with Crippen LogP contribution < -0.4 is 0 Å². The summed E-state index contributed by atoms with van der Waals surface area (Å²) >= 11 is 0. The number of piperidine rings is 1. The zero-order valence-corrected chi connectivity index (χ0v) is 12.7. The lowest BCUT2D eigenvalue weighted by Gasteiger charge is -2.28. The Labute approximate surface area is 113 Å². The van der Waals surface area contributed by atoms with Crippen molar-refractivity contribution in [3.63, 3.8) is 0 Å². The normalized spacial score (nSPS) is 17.8. The maximum absolute atomic E-state index is 5.85. The van der Waals surface area contributed by atoms with E-state index in [0.29, 0.717) is 6.10 Å². The van der Waals surface area contributed by atoms with E-state index in [0.717, 1.165) is 26.0 Å². The average Bonchev–Trinajstić information content (AvgIpc) is 2.42. The number of likely N-dealkylation sites (N-methyl/N-ethyl adjacent to an activating group) is 1. The highest BCUT2D eigenvalue weighted by Crippen LogP contribution is 2.08. The summed E-state index contributed by atoms with van der Waals surface area (Å²) in [7, 11) is 2.21. The van der Waals surface area contributed by atoms with Gasteiger partial charge >= 0.3 is 0 Å². The molecule has 0 saturated carbocycles. The predicted octanol–water partition coefficient (Wildman–Crippen LogP) is 2.61. The molecule has 0 aliphatic carbocycles. The summed E-state index contributed by atoms with van der Waals surface area (Å²) in [4.78, 5) is 5.00. The van der Waals surface area contributed by atoms with E-state index in [-0.39, 0.29) is 0 Å². The molecule has 0 aromatic carbocycles. The Morgan fingerprint density at radius 2 is 1.72 bits per heavy atom.